The average molecular weight is 378 g/mol. The number of anilines is 1. The van der Waals surface area contributed by atoms with Crippen molar-refractivity contribution in [2.24, 2.45) is 0 Å². The Hall–Kier alpha value is -2.91. The molecule has 26 heavy (non-hydrogen) atoms. The van der Waals surface area contributed by atoms with Gasteiger partial charge in [0.05, 0.1) is 12.0 Å². The molecule has 0 radical (unpaired) electrons. The first-order valence-electron chi connectivity index (χ1n) is 7.50. The zero-order valence-electron chi connectivity index (χ0n) is 14.2. The molecule has 2 rings (SSSR count). The highest BCUT2D eigenvalue weighted by molar-refractivity contribution is 7.89. The summed E-state index contributed by atoms with van der Waals surface area (Å²) in [5.74, 6) is -0.539. The van der Waals surface area contributed by atoms with Gasteiger partial charge < -0.3 is 14.8 Å². The van der Waals surface area contributed by atoms with E-state index in [1.54, 1.807) is 24.3 Å². The second-order valence-electron chi connectivity index (χ2n) is 5.08. The highest BCUT2D eigenvalue weighted by atomic mass is 32.2. The van der Waals surface area contributed by atoms with Crippen LogP contribution < -0.4 is 14.8 Å². The van der Waals surface area contributed by atoms with Crippen molar-refractivity contribution < 1.29 is 27.5 Å². The predicted molar refractivity (Wildman–Crippen MR) is 94.6 cm³/mol. The van der Waals surface area contributed by atoms with Crippen molar-refractivity contribution in [3.8, 4) is 5.75 Å². The highest BCUT2D eigenvalue weighted by Crippen LogP contribution is 2.18. The van der Waals surface area contributed by atoms with Crippen LogP contribution in [-0.2, 0) is 19.6 Å². The van der Waals surface area contributed by atoms with Crippen LogP contribution in [0.4, 0.5) is 5.69 Å². The van der Waals surface area contributed by atoms with Crippen LogP contribution in [0.5, 0.6) is 5.75 Å². The van der Waals surface area contributed by atoms with Crippen molar-refractivity contribution in [3.05, 3.63) is 54.1 Å². The summed E-state index contributed by atoms with van der Waals surface area (Å²) < 4.78 is 35.3. The van der Waals surface area contributed by atoms with Gasteiger partial charge in [0.2, 0.25) is 10.0 Å². The van der Waals surface area contributed by atoms with Gasteiger partial charge in [-0.05, 0) is 43.4 Å². The number of nitrogens with one attached hydrogen (secondary N) is 2. The molecule has 2 N–H and O–H groups in total. The molecule has 0 aromatic heterocycles. The van der Waals surface area contributed by atoms with Gasteiger partial charge in [-0.25, -0.2) is 17.9 Å². The van der Waals surface area contributed by atoms with E-state index in [-0.39, 0.29) is 11.5 Å². The Morgan fingerprint density at radius 3 is 2.38 bits per heavy atom. The molecular formula is C17H18N2O6S. The quantitative estimate of drug-likeness (QED) is 0.705. The fourth-order valence-electron chi connectivity index (χ4n) is 1.97. The van der Waals surface area contributed by atoms with Crippen LogP contribution in [0.1, 0.15) is 10.4 Å². The smallest absolute Gasteiger partial charge is 0.343 e. The van der Waals surface area contributed by atoms with Crippen LogP contribution in [0.15, 0.2) is 53.4 Å². The van der Waals surface area contributed by atoms with Gasteiger partial charge in [-0.15, -0.1) is 0 Å². The fraction of sp³-hybridized carbons (Fsp3) is 0.176. The Labute approximate surface area is 151 Å². The third-order valence-corrected chi connectivity index (χ3v) is 4.80. The lowest BCUT2D eigenvalue weighted by Gasteiger charge is -2.09. The molecule has 0 saturated carbocycles. The topological polar surface area (TPSA) is 111 Å². The van der Waals surface area contributed by atoms with E-state index in [4.69, 9.17) is 4.74 Å². The number of rotatable bonds is 7. The summed E-state index contributed by atoms with van der Waals surface area (Å²) in [7, 11) is -0.987. The minimum absolute atomic E-state index is 0.0646. The Morgan fingerprint density at radius 1 is 1.08 bits per heavy atom. The molecule has 0 spiro atoms. The number of amides is 1. The minimum Gasteiger partial charge on any atom is -0.482 e. The van der Waals surface area contributed by atoms with Gasteiger partial charge in [-0.2, -0.15) is 0 Å². The summed E-state index contributed by atoms with van der Waals surface area (Å²) in [6.45, 7) is -0.241. The first-order chi connectivity index (χ1) is 12.4. The molecule has 0 atom stereocenters. The molecule has 138 valence electrons. The molecule has 0 aliphatic heterocycles. The largest absolute Gasteiger partial charge is 0.482 e. The van der Waals surface area contributed by atoms with Gasteiger partial charge in [-0.3, -0.25) is 4.79 Å². The second kappa shape index (κ2) is 8.45. The van der Waals surface area contributed by atoms with Crippen molar-refractivity contribution in [1.82, 2.24) is 4.72 Å². The summed E-state index contributed by atoms with van der Waals surface area (Å²) in [5, 5.41) is 2.67. The van der Waals surface area contributed by atoms with Crippen LogP contribution in [0, 0.1) is 0 Å². The van der Waals surface area contributed by atoms with Gasteiger partial charge in [-0.1, -0.05) is 6.07 Å². The van der Waals surface area contributed by atoms with Gasteiger partial charge >= 0.3 is 5.97 Å². The highest BCUT2D eigenvalue weighted by Gasteiger charge is 2.13. The van der Waals surface area contributed by atoms with E-state index in [9.17, 15) is 18.0 Å². The standard InChI is InChI=1S/C17H18N2O6S/c1-18-26(22,23)15-8-6-12(7-9-15)17(21)19-13-4-3-5-14(10-13)25-11-16(20)24-2/h3-10,18H,11H2,1-2H3,(H,19,21). The number of sulfonamides is 1. The molecule has 0 heterocycles. The molecule has 9 heteroatoms. The molecule has 8 nitrogen and oxygen atoms in total. The van der Waals surface area contributed by atoms with Crippen molar-refractivity contribution in [2.75, 3.05) is 26.1 Å². The van der Waals surface area contributed by atoms with Gasteiger partial charge in [0.15, 0.2) is 6.61 Å². The van der Waals surface area contributed by atoms with Gasteiger partial charge in [0.1, 0.15) is 5.75 Å². The van der Waals surface area contributed by atoms with E-state index < -0.39 is 21.9 Å². The van der Waals surface area contributed by atoms with Crippen LogP contribution in [0.25, 0.3) is 0 Å². The fourth-order valence-corrected chi connectivity index (χ4v) is 2.70. The van der Waals surface area contributed by atoms with Crippen molar-refractivity contribution in [1.29, 1.82) is 0 Å². The summed E-state index contributed by atoms with van der Waals surface area (Å²) >= 11 is 0. The van der Waals surface area contributed by atoms with Gasteiger partial charge in [0, 0.05) is 17.3 Å². The van der Waals surface area contributed by atoms with Crippen LogP contribution in [0.2, 0.25) is 0 Å². The van der Waals surface area contributed by atoms with E-state index in [0.717, 1.165) is 0 Å². The molecule has 0 fully saturated rings. The predicted octanol–water partition coefficient (Wildman–Crippen LogP) is 1.40. The second-order valence-corrected chi connectivity index (χ2v) is 6.97. The van der Waals surface area contributed by atoms with E-state index in [0.29, 0.717) is 17.0 Å². The maximum Gasteiger partial charge on any atom is 0.343 e. The van der Waals surface area contributed by atoms with Crippen LogP contribution >= 0.6 is 0 Å². The summed E-state index contributed by atoms with van der Waals surface area (Å²) in [6, 6.07) is 12.0. The van der Waals surface area contributed by atoms with Gasteiger partial charge in [0.25, 0.3) is 5.91 Å². The van der Waals surface area contributed by atoms with E-state index >= 15 is 0 Å². The average Bonchev–Trinajstić information content (AvgIpc) is 2.66. The Bertz CT molecular complexity index is 894. The molecule has 0 aliphatic carbocycles. The third-order valence-electron chi connectivity index (χ3n) is 3.37. The zero-order chi connectivity index (χ0) is 19.2. The Morgan fingerprint density at radius 2 is 1.77 bits per heavy atom. The van der Waals surface area contributed by atoms with Crippen molar-refractivity contribution in [3.63, 3.8) is 0 Å². The number of hydrogen-bond acceptors (Lipinski definition) is 6. The summed E-state index contributed by atoms with van der Waals surface area (Å²) in [6.07, 6.45) is 0. The molecule has 1 amide bonds. The Balaban J connectivity index is 2.06. The van der Waals surface area contributed by atoms with Crippen LogP contribution in [0.3, 0.4) is 0 Å². The first kappa shape index (κ1) is 19.4. The SMILES string of the molecule is CNS(=O)(=O)c1ccc(C(=O)Nc2cccc(OCC(=O)OC)c2)cc1. The first-order valence-corrected chi connectivity index (χ1v) is 8.98. The maximum absolute atomic E-state index is 12.3. The lowest BCUT2D eigenvalue weighted by atomic mass is 10.2. The molecule has 0 saturated heterocycles. The molecule has 0 unspecified atom stereocenters. The molecule has 0 aliphatic rings. The molecule has 0 bridgehead atoms. The number of hydrogen-bond donors (Lipinski definition) is 2. The van der Waals surface area contributed by atoms with E-state index in [1.165, 1.54) is 38.4 Å². The number of ether oxygens (including phenoxy) is 2. The monoisotopic (exact) mass is 378 g/mol. The summed E-state index contributed by atoms with van der Waals surface area (Å²) in [5.41, 5.74) is 0.755. The van der Waals surface area contributed by atoms with E-state index in [1.807, 2.05) is 0 Å². The minimum atomic E-state index is -3.56. The number of carbonyl (C=O) groups excluding carboxylic acids is 2. The molecule has 2 aromatic carbocycles. The van der Waals surface area contributed by atoms with E-state index in [2.05, 4.69) is 14.8 Å². The molecule has 2 aromatic rings. The van der Waals surface area contributed by atoms with Crippen molar-refractivity contribution >= 4 is 27.6 Å². The number of methoxy groups -OCH3 is 1. The van der Waals surface area contributed by atoms with Crippen LogP contribution in [-0.4, -0.2) is 41.1 Å². The Kier molecular flexibility index (Phi) is 6.31. The van der Waals surface area contributed by atoms with Crippen molar-refractivity contribution in [2.45, 2.75) is 4.90 Å². The lowest BCUT2D eigenvalue weighted by molar-refractivity contribution is -0.142. The third kappa shape index (κ3) is 5.04. The number of esters is 1. The summed E-state index contributed by atoms with van der Waals surface area (Å²) in [4.78, 5) is 23.4. The zero-order valence-corrected chi connectivity index (χ0v) is 15.0. The number of benzene rings is 2. The number of carbonyl (C=O) groups is 2. The molecular weight excluding hydrogens is 360 g/mol. The lowest BCUT2D eigenvalue weighted by Crippen LogP contribution is -2.19. The normalized spacial score (nSPS) is 10.8. The maximum atomic E-state index is 12.3.